The SMILES string of the molecule is CC(C)C[C@H](NC(=O)[C@H](CCCl)NC(=O)[C@@H]1CCCN1C(=O)CNC(=O)[C@H](C)N)C(=O)NCC(=O)N[C@H](C(=O)N[C@@H](CC(C)C)C(=O)NCC(=O)N[C@@H](CCCCN)C(=O)N[C@@H](CC(C)C)C(=O)N[C@@H](CS)C(=O)N1CCC[C@H]1C(=O)NCC(=O)O)C(C)C. The lowest BCUT2D eigenvalue weighted by Crippen LogP contribution is -2.59. The van der Waals surface area contributed by atoms with E-state index in [4.69, 9.17) is 28.2 Å². The van der Waals surface area contributed by atoms with E-state index < -0.39 is 169 Å². The van der Waals surface area contributed by atoms with E-state index in [2.05, 4.69) is 71.1 Å². The van der Waals surface area contributed by atoms with Gasteiger partial charge in [0.2, 0.25) is 76.8 Å². The first-order valence-electron chi connectivity index (χ1n) is 30.5. The van der Waals surface area contributed by atoms with Crippen LogP contribution in [0.4, 0.5) is 0 Å². The van der Waals surface area contributed by atoms with Crippen molar-refractivity contribution >= 4 is 107 Å². The summed E-state index contributed by atoms with van der Waals surface area (Å²) in [5.41, 5.74) is 11.3. The zero-order valence-electron chi connectivity index (χ0n) is 52.8. The van der Waals surface area contributed by atoms with Gasteiger partial charge in [-0.2, -0.15) is 12.6 Å². The molecule has 89 heavy (non-hydrogen) atoms. The first-order valence-corrected chi connectivity index (χ1v) is 31.7. The number of thiol groups is 1. The second-order valence-electron chi connectivity index (χ2n) is 24.0. The van der Waals surface area contributed by atoms with Crippen LogP contribution in [0.15, 0.2) is 0 Å². The van der Waals surface area contributed by atoms with E-state index in [-0.39, 0.29) is 94.1 Å². The second kappa shape index (κ2) is 40.0. The van der Waals surface area contributed by atoms with Gasteiger partial charge in [-0.25, -0.2) is 0 Å². The number of nitrogens with two attached hydrogens (primary N) is 2. The molecule has 0 unspecified atom stereocenters. The fraction of sp³-hybridized carbons (Fsp3) is 0.754. The van der Waals surface area contributed by atoms with Crippen LogP contribution in [0.3, 0.4) is 0 Å². The smallest absolute Gasteiger partial charge is 0.322 e. The molecule has 0 aliphatic carbocycles. The number of nitrogens with zero attached hydrogens (tertiary/aromatic N) is 2. The van der Waals surface area contributed by atoms with E-state index in [1.807, 2.05) is 0 Å². The minimum absolute atomic E-state index is 0.0441. The molecule has 2 saturated heterocycles. The number of alkyl halides is 1. The van der Waals surface area contributed by atoms with E-state index in [9.17, 15) is 67.1 Å². The molecule has 0 aromatic rings. The van der Waals surface area contributed by atoms with Crippen LogP contribution >= 0.6 is 24.2 Å². The molecule has 13 amide bonds. The molecule has 2 rings (SSSR count). The normalized spacial score (nSPS) is 17.4. The number of likely N-dealkylation sites (tertiary alicyclic amines) is 2. The molecule has 30 nitrogen and oxygen atoms in total. The van der Waals surface area contributed by atoms with Gasteiger partial charge >= 0.3 is 5.97 Å². The Morgan fingerprint density at radius 2 is 0.955 bits per heavy atom. The van der Waals surface area contributed by atoms with E-state index in [1.54, 1.807) is 55.4 Å². The molecule has 0 radical (unpaired) electrons. The number of unbranched alkanes of at least 4 members (excludes halogenated alkanes) is 1. The number of carbonyl (C=O) groups is 14. The van der Waals surface area contributed by atoms with Gasteiger partial charge in [0.05, 0.1) is 25.7 Å². The molecular weight excluding hydrogens is 1200 g/mol. The fourth-order valence-electron chi connectivity index (χ4n) is 9.91. The van der Waals surface area contributed by atoms with Gasteiger partial charge in [0.25, 0.3) is 0 Å². The van der Waals surface area contributed by atoms with Crippen molar-refractivity contribution in [2.24, 2.45) is 35.1 Å². The van der Waals surface area contributed by atoms with Crippen LogP contribution in [0, 0.1) is 23.7 Å². The maximum Gasteiger partial charge on any atom is 0.322 e. The van der Waals surface area contributed by atoms with Crippen LogP contribution in [-0.4, -0.2) is 216 Å². The summed E-state index contributed by atoms with van der Waals surface area (Å²) in [6, 6.07) is -11.3. The standard InChI is InChI=1S/C57H98ClN15O15S/c1-30(2)22-37(67-52(83)36(17-18-58)66-55(86)42-16-12-20-72(42)45(76)27-63-48(79)34(9)60)49(80)62-26-44(75)71-47(33(7)8)56(87)69-38(23-31(3)4)50(81)61-25-43(74)65-35(14-10-11-19-59)51(82)68-39(24-32(5)6)53(84)70-40(29-89)57(88)73-21-13-15-41(73)54(85)64-28-46(77)78/h30-42,47,89H,10-29,59-60H2,1-9H3,(H,61,81)(H,62,80)(H,63,79)(H,64,85)(H,65,74)(H,66,86)(H,67,83)(H,68,82)(H,69,87)(H,70,84)(H,71,75)(H,77,78)/t34-,35-,36-,37-,38-,39-,40-,41-,42-,47-/m0/s1. The summed E-state index contributed by atoms with van der Waals surface area (Å²) >= 11 is 10.3. The Labute approximate surface area is 531 Å². The van der Waals surface area contributed by atoms with Crippen molar-refractivity contribution < 1.29 is 72.2 Å². The predicted octanol–water partition coefficient (Wildman–Crippen LogP) is -3.26. The number of rotatable bonds is 39. The lowest BCUT2D eigenvalue weighted by molar-refractivity contribution is -0.142. The number of nitrogens with one attached hydrogen (secondary N) is 11. The van der Waals surface area contributed by atoms with E-state index in [1.165, 1.54) is 16.7 Å². The summed E-state index contributed by atoms with van der Waals surface area (Å²) in [6.07, 6.45) is 2.69. The number of carboxylic acid groups (broad SMARTS) is 1. The zero-order chi connectivity index (χ0) is 67.2. The highest BCUT2D eigenvalue weighted by atomic mass is 35.5. The quantitative estimate of drug-likeness (QED) is 0.0163. The summed E-state index contributed by atoms with van der Waals surface area (Å²) < 4.78 is 0. The van der Waals surface area contributed by atoms with Gasteiger partial charge < -0.3 is 84.9 Å². The van der Waals surface area contributed by atoms with Gasteiger partial charge in [-0.3, -0.25) is 67.1 Å². The maximum absolute atomic E-state index is 14.0. The molecule has 2 heterocycles. The van der Waals surface area contributed by atoms with Gasteiger partial charge in [-0.15, -0.1) is 11.6 Å². The minimum Gasteiger partial charge on any atom is -0.480 e. The molecule has 10 atom stereocenters. The zero-order valence-corrected chi connectivity index (χ0v) is 54.4. The molecule has 16 N–H and O–H groups in total. The number of hydrogen-bond acceptors (Lipinski definition) is 17. The largest absolute Gasteiger partial charge is 0.480 e. The molecule has 0 saturated carbocycles. The Kier molecular flexibility index (Phi) is 35.2. The third-order valence-electron chi connectivity index (χ3n) is 14.5. The minimum atomic E-state index is -1.26. The van der Waals surface area contributed by atoms with E-state index in [0.717, 1.165) is 0 Å². The summed E-state index contributed by atoms with van der Waals surface area (Å²) in [7, 11) is 0. The Balaban J connectivity index is 2.14. The van der Waals surface area contributed by atoms with Gasteiger partial charge in [0, 0.05) is 24.7 Å². The van der Waals surface area contributed by atoms with Crippen molar-refractivity contribution in [2.75, 3.05) is 57.4 Å². The average Bonchev–Trinajstić information content (AvgIpc) is 4.02. The van der Waals surface area contributed by atoms with Gasteiger partial charge in [0.15, 0.2) is 0 Å². The first kappa shape index (κ1) is 78.2. The highest BCUT2D eigenvalue weighted by Crippen LogP contribution is 2.21. The molecule has 2 fully saturated rings. The van der Waals surface area contributed by atoms with Crippen molar-refractivity contribution in [3.8, 4) is 0 Å². The Morgan fingerprint density at radius 1 is 0.506 bits per heavy atom. The number of amides is 13. The summed E-state index contributed by atoms with van der Waals surface area (Å²) in [6.45, 7) is 13.9. The molecule has 2 aliphatic heterocycles. The molecule has 2 aliphatic rings. The van der Waals surface area contributed by atoms with Crippen molar-refractivity contribution in [1.29, 1.82) is 0 Å². The number of halogens is 1. The molecule has 32 heteroatoms. The van der Waals surface area contributed by atoms with Gasteiger partial charge in [0.1, 0.15) is 60.9 Å². The van der Waals surface area contributed by atoms with Crippen LogP contribution < -0.4 is 70.0 Å². The number of aliphatic carboxylic acids is 1. The van der Waals surface area contributed by atoms with E-state index >= 15 is 0 Å². The van der Waals surface area contributed by atoms with Crippen molar-refractivity contribution in [3.05, 3.63) is 0 Å². The molecular formula is C57H98ClN15O15S. The van der Waals surface area contributed by atoms with Crippen molar-refractivity contribution in [1.82, 2.24) is 68.3 Å². The van der Waals surface area contributed by atoms with Crippen LogP contribution in [0.1, 0.15) is 133 Å². The van der Waals surface area contributed by atoms with E-state index in [0.29, 0.717) is 32.1 Å². The van der Waals surface area contributed by atoms with Crippen molar-refractivity contribution in [2.45, 2.75) is 193 Å². The Morgan fingerprint density at radius 3 is 1.43 bits per heavy atom. The van der Waals surface area contributed by atoms with Crippen LogP contribution in [0.2, 0.25) is 0 Å². The Bertz CT molecular complexity index is 2460. The number of carbonyl (C=O) groups excluding carboxylic acids is 13. The lowest BCUT2D eigenvalue weighted by atomic mass is 10.00. The Hall–Kier alpha value is -6.86. The second-order valence-corrected chi connectivity index (χ2v) is 24.8. The maximum atomic E-state index is 14.0. The third kappa shape index (κ3) is 27.8. The summed E-state index contributed by atoms with van der Waals surface area (Å²) in [5.74, 6) is -11.6. The van der Waals surface area contributed by atoms with Crippen LogP contribution in [-0.2, 0) is 67.1 Å². The highest BCUT2D eigenvalue weighted by Gasteiger charge is 2.40. The number of hydrogen-bond donors (Lipinski definition) is 15. The van der Waals surface area contributed by atoms with Crippen LogP contribution in [0.5, 0.6) is 0 Å². The molecule has 0 aromatic heterocycles. The molecule has 504 valence electrons. The van der Waals surface area contributed by atoms with Crippen molar-refractivity contribution in [3.63, 3.8) is 0 Å². The molecule has 0 bridgehead atoms. The first-order chi connectivity index (χ1) is 41.8. The lowest BCUT2D eigenvalue weighted by Gasteiger charge is -2.30. The molecule has 0 aromatic carbocycles. The topological polar surface area (TPSA) is 450 Å². The highest BCUT2D eigenvalue weighted by molar-refractivity contribution is 7.80. The summed E-state index contributed by atoms with van der Waals surface area (Å²) in [4.78, 5) is 188. The average molecular weight is 1300 g/mol. The fourth-order valence-corrected chi connectivity index (χ4v) is 10.4. The van der Waals surface area contributed by atoms with Gasteiger partial charge in [-0.1, -0.05) is 55.4 Å². The summed E-state index contributed by atoms with van der Waals surface area (Å²) in [5, 5.41) is 37.2. The molecule has 0 spiro atoms. The number of carboxylic acids is 1. The monoisotopic (exact) mass is 1300 g/mol. The van der Waals surface area contributed by atoms with Crippen LogP contribution in [0.25, 0.3) is 0 Å². The third-order valence-corrected chi connectivity index (χ3v) is 15.1. The predicted molar refractivity (Wildman–Crippen MR) is 332 cm³/mol. The van der Waals surface area contributed by atoms with Gasteiger partial charge in [-0.05, 0) is 108 Å².